The van der Waals surface area contributed by atoms with E-state index in [0.717, 1.165) is 27.8 Å². The fraction of sp³-hybridized carbons (Fsp3) is 0.222. The number of aryl methyl sites for hydroxylation is 1. The molecule has 0 unspecified atom stereocenters. The molecule has 2 aromatic heterocycles. The van der Waals surface area contributed by atoms with Gasteiger partial charge in [-0.1, -0.05) is 35.2 Å². The summed E-state index contributed by atoms with van der Waals surface area (Å²) in [4.78, 5) is 47.2. The van der Waals surface area contributed by atoms with E-state index >= 15 is 0 Å². The predicted molar refractivity (Wildman–Crippen MR) is 116 cm³/mol. The second kappa shape index (κ2) is 10.1. The van der Waals surface area contributed by atoms with Gasteiger partial charge in [-0.15, -0.1) is 10.2 Å². The van der Waals surface area contributed by atoms with Gasteiger partial charge in [-0.3, -0.25) is 29.8 Å². The normalized spacial score (nSPS) is 10.6. The van der Waals surface area contributed by atoms with Crippen molar-refractivity contribution in [1.29, 1.82) is 0 Å². The zero-order chi connectivity index (χ0) is 23.3. The van der Waals surface area contributed by atoms with Crippen molar-refractivity contribution in [2.75, 3.05) is 17.7 Å². The number of ether oxygens (including phenoxy) is 1. The van der Waals surface area contributed by atoms with Crippen LogP contribution in [0.25, 0.3) is 5.69 Å². The van der Waals surface area contributed by atoms with E-state index < -0.39 is 27.9 Å². The molecule has 3 aromatic rings. The minimum absolute atomic E-state index is 0.0382. The molecule has 32 heavy (non-hydrogen) atoms. The number of hydrogen-bond donors (Lipinski definition) is 1. The van der Waals surface area contributed by atoms with Gasteiger partial charge >= 0.3 is 5.97 Å². The first kappa shape index (κ1) is 23.0. The Morgan fingerprint density at radius 3 is 2.78 bits per heavy atom. The van der Waals surface area contributed by atoms with Gasteiger partial charge in [0.15, 0.2) is 10.0 Å². The summed E-state index contributed by atoms with van der Waals surface area (Å²) >= 11 is 2.10. The van der Waals surface area contributed by atoms with Crippen LogP contribution in [0.1, 0.15) is 23.1 Å². The molecule has 0 saturated heterocycles. The Morgan fingerprint density at radius 1 is 1.31 bits per heavy atom. The number of carbonyl (C=O) groups is 2. The molecular formula is C18H16N6O6S2. The maximum atomic E-state index is 12.6. The smallest absolute Gasteiger partial charge is 0.316 e. The number of nitro groups is 1. The molecule has 0 aliphatic rings. The van der Waals surface area contributed by atoms with Crippen molar-refractivity contribution in [1.82, 2.24) is 20.0 Å². The fourth-order valence-electron chi connectivity index (χ4n) is 2.54. The highest BCUT2D eigenvalue weighted by Crippen LogP contribution is 2.26. The van der Waals surface area contributed by atoms with Crippen LogP contribution in [0.5, 0.6) is 0 Å². The number of benzene rings is 1. The van der Waals surface area contributed by atoms with Gasteiger partial charge in [0, 0.05) is 17.8 Å². The second-order valence-corrected chi connectivity index (χ2v) is 8.28. The number of nitrogens with zero attached hydrogens (tertiary/aromatic N) is 5. The van der Waals surface area contributed by atoms with Crippen LogP contribution in [0.3, 0.4) is 0 Å². The lowest BCUT2D eigenvalue weighted by molar-refractivity contribution is -0.384. The van der Waals surface area contributed by atoms with Gasteiger partial charge in [0.2, 0.25) is 10.6 Å². The first-order chi connectivity index (χ1) is 15.3. The van der Waals surface area contributed by atoms with Crippen molar-refractivity contribution in [3.8, 4) is 5.69 Å². The van der Waals surface area contributed by atoms with Gasteiger partial charge in [-0.25, -0.2) is 4.68 Å². The minimum atomic E-state index is -0.847. The van der Waals surface area contributed by atoms with Crippen molar-refractivity contribution in [3.63, 3.8) is 0 Å². The molecule has 1 N–H and O–H groups in total. The van der Waals surface area contributed by atoms with Gasteiger partial charge in [0.25, 0.3) is 11.6 Å². The molecule has 1 aromatic carbocycles. The summed E-state index contributed by atoms with van der Waals surface area (Å²) in [6.07, 6.45) is 0. The lowest BCUT2D eigenvalue weighted by Crippen LogP contribution is -2.27. The van der Waals surface area contributed by atoms with Crippen molar-refractivity contribution in [2.24, 2.45) is 0 Å². The molecule has 0 aliphatic heterocycles. The Morgan fingerprint density at radius 2 is 2.06 bits per heavy atom. The van der Waals surface area contributed by atoms with Crippen molar-refractivity contribution in [3.05, 3.63) is 62.1 Å². The Labute approximate surface area is 188 Å². The molecule has 1 amide bonds. The van der Waals surface area contributed by atoms with Crippen LogP contribution < -0.4 is 10.7 Å². The number of thioether (sulfide) groups is 1. The number of hydrogen-bond acceptors (Lipinski definition) is 11. The van der Waals surface area contributed by atoms with Crippen LogP contribution in [0.15, 0.2) is 39.5 Å². The van der Waals surface area contributed by atoms with E-state index in [1.165, 1.54) is 24.3 Å². The third-order valence-corrected chi connectivity index (χ3v) is 5.82. The SMILES string of the molecule is CCOC(=O)CSc1nnc(NC(=O)c2nn(-c3ccccc3[N+](=O)[O-])c(C)cc2=O)s1. The molecule has 14 heteroatoms. The van der Waals surface area contributed by atoms with E-state index in [4.69, 9.17) is 4.74 Å². The summed E-state index contributed by atoms with van der Waals surface area (Å²) in [7, 11) is 0. The summed E-state index contributed by atoms with van der Waals surface area (Å²) in [5.41, 5.74) is -0.932. The number of nitrogens with one attached hydrogen (secondary N) is 1. The maximum Gasteiger partial charge on any atom is 0.316 e. The summed E-state index contributed by atoms with van der Waals surface area (Å²) in [6, 6.07) is 7.00. The summed E-state index contributed by atoms with van der Waals surface area (Å²) in [6.45, 7) is 3.51. The Kier molecular flexibility index (Phi) is 7.27. The topological polar surface area (TPSA) is 159 Å². The van der Waals surface area contributed by atoms with E-state index in [2.05, 4.69) is 20.6 Å². The lowest BCUT2D eigenvalue weighted by atomic mass is 10.2. The standard InChI is InChI=1S/C18H16N6O6S2/c1-3-30-14(26)9-31-18-21-20-17(32-18)19-16(27)15-13(25)8-10(2)23(22-15)11-6-4-5-7-12(11)24(28)29/h4-8H,3,9H2,1-2H3,(H,19,20,27). The van der Waals surface area contributed by atoms with Gasteiger partial charge in [0.1, 0.15) is 5.69 Å². The molecule has 3 rings (SSSR count). The van der Waals surface area contributed by atoms with E-state index in [1.54, 1.807) is 19.9 Å². The highest BCUT2D eigenvalue weighted by atomic mass is 32.2. The number of esters is 1. The molecule has 2 heterocycles. The van der Waals surface area contributed by atoms with Crippen LogP contribution in [-0.4, -0.2) is 49.1 Å². The number of nitro benzene ring substituents is 1. The number of para-hydroxylation sites is 2. The molecule has 0 radical (unpaired) electrons. The zero-order valence-electron chi connectivity index (χ0n) is 16.8. The van der Waals surface area contributed by atoms with E-state index in [1.807, 2.05) is 0 Å². The van der Waals surface area contributed by atoms with Crippen LogP contribution in [0.2, 0.25) is 0 Å². The number of amides is 1. The number of anilines is 1. The van der Waals surface area contributed by atoms with Crippen molar-refractivity contribution in [2.45, 2.75) is 18.2 Å². The highest BCUT2D eigenvalue weighted by Gasteiger charge is 2.21. The molecule has 0 atom stereocenters. The Bertz CT molecular complexity index is 1240. The summed E-state index contributed by atoms with van der Waals surface area (Å²) < 4.78 is 6.41. The van der Waals surface area contributed by atoms with Crippen molar-refractivity contribution >= 4 is 45.8 Å². The Balaban J connectivity index is 1.83. The maximum absolute atomic E-state index is 12.6. The van der Waals surface area contributed by atoms with Crippen LogP contribution in [-0.2, 0) is 9.53 Å². The first-order valence-electron chi connectivity index (χ1n) is 9.08. The molecule has 0 aliphatic carbocycles. The van der Waals surface area contributed by atoms with Gasteiger partial charge in [0.05, 0.1) is 17.3 Å². The number of aromatic nitrogens is 4. The average molecular weight is 476 g/mol. The molecule has 0 saturated carbocycles. The third-order valence-electron chi connectivity index (χ3n) is 3.87. The monoisotopic (exact) mass is 476 g/mol. The van der Waals surface area contributed by atoms with Gasteiger partial charge in [-0.05, 0) is 19.9 Å². The van der Waals surface area contributed by atoms with E-state index in [-0.39, 0.29) is 28.9 Å². The fourth-order valence-corrected chi connectivity index (χ4v) is 4.09. The first-order valence-corrected chi connectivity index (χ1v) is 10.9. The largest absolute Gasteiger partial charge is 0.465 e. The summed E-state index contributed by atoms with van der Waals surface area (Å²) in [5.74, 6) is -1.21. The average Bonchev–Trinajstić information content (AvgIpc) is 3.19. The second-order valence-electron chi connectivity index (χ2n) is 6.08. The van der Waals surface area contributed by atoms with Crippen LogP contribution in [0.4, 0.5) is 10.8 Å². The number of carbonyl (C=O) groups excluding carboxylic acids is 2. The predicted octanol–water partition coefficient (Wildman–Crippen LogP) is 2.21. The molecular weight excluding hydrogens is 460 g/mol. The lowest BCUT2D eigenvalue weighted by Gasteiger charge is -2.11. The molecule has 0 bridgehead atoms. The highest BCUT2D eigenvalue weighted by molar-refractivity contribution is 8.01. The molecule has 0 spiro atoms. The minimum Gasteiger partial charge on any atom is -0.465 e. The Hall–Kier alpha value is -3.65. The van der Waals surface area contributed by atoms with Crippen LogP contribution >= 0.6 is 23.1 Å². The van der Waals surface area contributed by atoms with Crippen molar-refractivity contribution < 1.29 is 19.2 Å². The molecule has 166 valence electrons. The number of rotatable bonds is 8. The van der Waals surface area contributed by atoms with Crippen LogP contribution in [0, 0.1) is 17.0 Å². The van der Waals surface area contributed by atoms with E-state index in [9.17, 15) is 24.5 Å². The van der Waals surface area contributed by atoms with E-state index in [0.29, 0.717) is 10.0 Å². The van der Waals surface area contributed by atoms with Gasteiger partial charge in [-0.2, -0.15) is 5.10 Å². The quantitative estimate of drug-likeness (QED) is 0.168. The third kappa shape index (κ3) is 5.33. The van der Waals surface area contributed by atoms with Gasteiger partial charge < -0.3 is 4.74 Å². The summed E-state index contributed by atoms with van der Waals surface area (Å²) in [5, 5.41) is 25.6. The zero-order valence-corrected chi connectivity index (χ0v) is 18.4. The molecule has 12 nitrogen and oxygen atoms in total. The molecule has 0 fully saturated rings.